The molecule has 5 rings (SSSR count). The molecule has 1 unspecified atom stereocenters. The molecule has 140 valence electrons. The highest BCUT2D eigenvalue weighted by atomic mass is 35.5. The number of nitrogens with one attached hydrogen (secondary N) is 1. The molecule has 29 heavy (non-hydrogen) atoms. The summed E-state index contributed by atoms with van der Waals surface area (Å²) in [5.74, 6) is -0.811. The molecule has 3 heterocycles. The second-order valence-electron chi connectivity index (χ2n) is 6.65. The molecule has 6 nitrogen and oxygen atoms in total. The van der Waals surface area contributed by atoms with Gasteiger partial charge < -0.3 is 5.32 Å². The van der Waals surface area contributed by atoms with Gasteiger partial charge in [-0.05, 0) is 48.0 Å². The molecule has 0 saturated carbocycles. The number of pyridine rings is 1. The third-order valence-electron chi connectivity index (χ3n) is 4.99. The lowest BCUT2D eigenvalue weighted by Crippen LogP contribution is -2.20. The number of benzene rings is 2. The Morgan fingerprint density at radius 3 is 2.86 bits per heavy atom. The van der Waals surface area contributed by atoms with Crippen molar-refractivity contribution < 1.29 is 9.18 Å². The van der Waals surface area contributed by atoms with Gasteiger partial charge in [-0.1, -0.05) is 11.6 Å². The van der Waals surface area contributed by atoms with Gasteiger partial charge >= 0.3 is 0 Å². The summed E-state index contributed by atoms with van der Waals surface area (Å²) in [6, 6.07) is 12.5. The maximum absolute atomic E-state index is 13.8. The minimum absolute atomic E-state index is 0.314. The van der Waals surface area contributed by atoms with Crippen LogP contribution in [0.3, 0.4) is 0 Å². The summed E-state index contributed by atoms with van der Waals surface area (Å²) in [5.41, 5.74) is 3.75. The topological polar surface area (TPSA) is 83.1 Å². The van der Waals surface area contributed by atoms with E-state index in [1.165, 1.54) is 24.5 Å². The van der Waals surface area contributed by atoms with Crippen LogP contribution < -0.4 is 5.32 Å². The average Bonchev–Trinajstić information content (AvgIpc) is 3.33. The summed E-state index contributed by atoms with van der Waals surface area (Å²) in [6.45, 7) is 0. The zero-order chi connectivity index (χ0) is 20.1. The van der Waals surface area contributed by atoms with E-state index in [0.29, 0.717) is 38.5 Å². The molecule has 1 amide bonds. The molecule has 0 spiro atoms. The highest BCUT2D eigenvalue weighted by molar-refractivity contribution is 6.31. The van der Waals surface area contributed by atoms with Gasteiger partial charge in [0, 0.05) is 33.5 Å². The van der Waals surface area contributed by atoms with Crippen LogP contribution >= 0.6 is 11.6 Å². The number of nitriles is 1. The maximum Gasteiger partial charge on any atom is 0.252 e. The predicted molar refractivity (Wildman–Crippen MR) is 104 cm³/mol. The zero-order valence-corrected chi connectivity index (χ0v) is 15.5. The van der Waals surface area contributed by atoms with Gasteiger partial charge in [0.15, 0.2) is 5.65 Å². The van der Waals surface area contributed by atoms with Gasteiger partial charge in [-0.3, -0.25) is 4.79 Å². The molecular formula is C21H11ClFN5O. The molecule has 0 fully saturated rings. The van der Waals surface area contributed by atoms with Crippen molar-refractivity contribution in [2.24, 2.45) is 0 Å². The summed E-state index contributed by atoms with van der Waals surface area (Å²) >= 11 is 6.24. The fourth-order valence-electron chi connectivity index (χ4n) is 3.65. The van der Waals surface area contributed by atoms with Crippen LogP contribution in [-0.2, 0) is 0 Å². The number of halogens is 2. The van der Waals surface area contributed by atoms with E-state index in [1.54, 1.807) is 28.9 Å². The fourth-order valence-corrected chi connectivity index (χ4v) is 3.88. The standard InChI is InChI=1S/C21H11ClFN5O/c22-17-3-2-14(23)7-15(17)20-19-13(8-24)5-12(6-16(19)21(29)27-20)11-1-4-18-25-10-26-28(18)9-11/h1-7,9-10,20H,(H,27,29). The van der Waals surface area contributed by atoms with Crippen molar-refractivity contribution in [3.05, 3.63) is 88.1 Å². The summed E-state index contributed by atoms with van der Waals surface area (Å²) in [5, 5.41) is 17.0. The maximum atomic E-state index is 13.8. The SMILES string of the molecule is N#Cc1cc(-c2ccc3ncnn3c2)cc2c1C(c1cc(F)ccc1Cl)NC2=O. The first-order valence-electron chi connectivity index (χ1n) is 8.69. The molecule has 4 aromatic rings. The van der Waals surface area contributed by atoms with Gasteiger partial charge in [-0.25, -0.2) is 13.9 Å². The van der Waals surface area contributed by atoms with E-state index >= 15 is 0 Å². The van der Waals surface area contributed by atoms with Crippen LogP contribution in [0.15, 0.2) is 55.0 Å². The van der Waals surface area contributed by atoms with Gasteiger partial charge in [0.05, 0.1) is 17.7 Å². The molecule has 0 bridgehead atoms. The van der Waals surface area contributed by atoms with Crippen LogP contribution in [0.4, 0.5) is 4.39 Å². The Labute approximate surface area is 169 Å². The number of rotatable bonds is 2. The van der Waals surface area contributed by atoms with Gasteiger partial charge in [0.25, 0.3) is 5.91 Å². The van der Waals surface area contributed by atoms with Crippen molar-refractivity contribution >= 4 is 23.2 Å². The van der Waals surface area contributed by atoms with Crippen LogP contribution in [0.25, 0.3) is 16.8 Å². The van der Waals surface area contributed by atoms with E-state index in [1.807, 2.05) is 6.07 Å². The van der Waals surface area contributed by atoms with Gasteiger partial charge in [0.2, 0.25) is 0 Å². The Morgan fingerprint density at radius 2 is 2.03 bits per heavy atom. The molecule has 0 saturated heterocycles. The average molecular weight is 404 g/mol. The smallest absolute Gasteiger partial charge is 0.252 e. The molecule has 1 N–H and O–H groups in total. The Balaban J connectivity index is 1.69. The summed E-state index contributed by atoms with van der Waals surface area (Å²) in [6.07, 6.45) is 3.22. The van der Waals surface area contributed by atoms with Gasteiger partial charge in [-0.2, -0.15) is 10.4 Å². The number of aromatic nitrogens is 3. The second kappa shape index (κ2) is 6.40. The lowest BCUT2D eigenvalue weighted by molar-refractivity contribution is 0.0960. The van der Waals surface area contributed by atoms with Crippen molar-refractivity contribution in [3.63, 3.8) is 0 Å². The normalized spacial score (nSPS) is 15.2. The molecule has 8 heteroatoms. The first-order valence-corrected chi connectivity index (χ1v) is 9.06. The van der Waals surface area contributed by atoms with Crippen LogP contribution in [0.2, 0.25) is 5.02 Å². The zero-order valence-electron chi connectivity index (χ0n) is 14.7. The van der Waals surface area contributed by atoms with Crippen molar-refractivity contribution in [1.82, 2.24) is 19.9 Å². The van der Waals surface area contributed by atoms with Gasteiger partial charge in [-0.15, -0.1) is 0 Å². The number of carbonyl (C=O) groups excluding carboxylic acids is 1. The highest BCUT2D eigenvalue weighted by Gasteiger charge is 2.34. The third-order valence-corrected chi connectivity index (χ3v) is 5.33. The largest absolute Gasteiger partial charge is 0.341 e. The monoisotopic (exact) mass is 403 g/mol. The van der Waals surface area contributed by atoms with E-state index < -0.39 is 11.9 Å². The van der Waals surface area contributed by atoms with Crippen molar-refractivity contribution in [1.29, 1.82) is 5.26 Å². The number of hydrogen-bond acceptors (Lipinski definition) is 4. The number of fused-ring (bicyclic) bond motifs is 2. The molecule has 1 atom stereocenters. The van der Waals surface area contributed by atoms with Crippen LogP contribution in [0.5, 0.6) is 0 Å². The Morgan fingerprint density at radius 1 is 1.17 bits per heavy atom. The molecule has 0 aliphatic carbocycles. The Hall–Kier alpha value is -3.76. The van der Waals surface area contributed by atoms with Crippen LogP contribution in [0, 0.1) is 17.1 Å². The van der Waals surface area contributed by atoms with E-state index in [0.717, 1.165) is 5.56 Å². The van der Waals surface area contributed by atoms with E-state index in [9.17, 15) is 14.4 Å². The lowest BCUT2D eigenvalue weighted by atomic mass is 9.91. The van der Waals surface area contributed by atoms with Crippen LogP contribution in [0.1, 0.15) is 33.1 Å². The van der Waals surface area contributed by atoms with E-state index in [2.05, 4.69) is 21.5 Å². The van der Waals surface area contributed by atoms with Gasteiger partial charge in [0.1, 0.15) is 12.1 Å². The minimum atomic E-state index is -0.692. The van der Waals surface area contributed by atoms with Crippen molar-refractivity contribution in [2.75, 3.05) is 0 Å². The van der Waals surface area contributed by atoms with Crippen molar-refractivity contribution in [3.8, 4) is 17.2 Å². The first kappa shape index (κ1) is 17.3. The number of nitrogens with zero attached hydrogens (tertiary/aromatic N) is 4. The number of carbonyl (C=O) groups is 1. The quantitative estimate of drug-likeness (QED) is 0.550. The number of hydrogen-bond donors (Lipinski definition) is 1. The molecule has 2 aromatic carbocycles. The van der Waals surface area contributed by atoms with Crippen LogP contribution in [-0.4, -0.2) is 20.5 Å². The Bertz CT molecular complexity index is 1360. The minimum Gasteiger partial charge on any atom is -0.341 e. The molecule has 2 aromatic heterocycles. The van der Waals surface area contributed by atoms with E-state index in [-0.39, 0.29) is 5.91 Å². The molecule has 1 aliphatic rings. The molecule has 1 aliphatic heterocycles. The highest BCUT2D eigenvalue weighted by Crippen LogP contribution is 2.39. The second-order valence-corrected chi connectivity index (χ2v) is 7.06. The molecular weight excluding hydrogens is 393 g/mol. The van der Waals surface area contributed by atoms with Crippen molar-refractivity contribution in [2.45, 2.75) is 6.04 Å². The lowest BCUT2D eigenvalue weighted by Gasteiger charge is -2.16. The number of amides is 1. The summed E-state index contributed by atoms with van der Waals surface area (Å²) in [4.78, 5) is 16.8. The summed E-state index contributed by atoms with van der Waals surface area (Å²) < 4.78 is 15.4. The first-order chi connectivity index (χ1) is 14.0. The predicted octanol–water partition coefficient (Wildman–Crippen LogP) is 3.89. The molecule has 0 radical (unpaired) electrons. The van der Waals surface area contributed by atoms with E-state index in [4.69, 9.17) is 11.6 Å². The summed E-state index contributed by atoms with van der Waals surface area (Å²) in [7, 11) is 0. The fraction of sp³-hybridized carbons (Fsp3) is 0.0476. The Kier molecular flexibility index (Phi) is 3.83. The third kappa shape index (κ3) is 2.73.